The molecule has 1 radical (unpaired) electrons. The maximum atomic E-state index is 9.80. The Balaban J connectivity index is 2.34. The Labute approximate surface area is 92.4 Å². The zero-order valence-corrected chi connectivity index (χ0v) is 8.44. The number of aromatic nitrogens is 2. The standard InChI is InChI=1S/C13H9N2O/c16-12-7-2-1-5-10(12)11-6-3-4-9-8-14-15-13(9)11/h1,3-8,16H,(H,14,15). The van der Waals surface area contributed by atoms with E-state index in [0.717, 1.165) is 22.0 Å². The van der Waals surface area contributed by atoms with E-state index in [-0.39, 0.29) is 5.75 Å². The molecule has 2 aromatic carbocycles. The number of hydrogen-bond acceptors (Lipinski definition) is 2. The van der Waals surface area contributed by atoms with Gasteiger partial charge < -0.3 is 5.11 Å². The van der Waals surface area contributed by atoms with E-state index in [9.17, 15) is 5.11 Å². The fourth-order valence-corrected chi connectivity index (χ4v) is 1.84. The smallest absolute Gasteiger partial charge is 0.124 e. The normalized spacial score (nSPS) is 10.8. The number of phenols is 1. The molecule has 0 bridgehead atoms. The molecule has 0 aliphatic carbocycles. The van der Waals surface area contributed by atoms with Crippen molar-refractivity contribution in [2.75, 3.05) is 0 Å². The largest absolute Gasteiger partial charge is 0.507 e. The third kappa shape index (κ3) is 1.26. The van der Waals surface area contributed by atoms with Crippen molar-refractivity contribution in [1.82, 2.24) is 10.2 Å². The molecule has 0 amide bonds. The number of aromatic hydroxyl groups is 1. The summed E-state index contributed by atoms with van der Waals surface area (Å²) in [6, 6.07) is 13.9. The Morgan fingerprint density at radius 3 is 3.00 bits per heavy atom. The molecular weight excluding hydrogens is 200 g/mol. The first-order valence-electron chi connectivity index (χ1n) is 4.98. The van der Waals surface area contributed by atoms with Crippen LogP contribution in [-0.2, 0) is 0 Å². The number of nitrogens with zero attached hydrogens (tertiary/aromatic N) is 1. The summed E-state index contributed by atoms with van der Waals surface area (Å²) in [6.07, 6.45) is 1.77. The minimum atomic E-state index is 0.226. The lowest BCUT2D eigenvalue weighted by molar-refractivity contribution is 0.477. The van der Waals surface area contributed by atoms with Crippen LogP contribution in [0.2, 0.25) is 0 Å². The Morgan fingerprint density at radius 1 is 1.19 bits per heavy atom. The molecule has 0 saturated carbocycles. The van der Waals surface area contributed by atoms with Gasteiger partial charge in [0, 0.05) is 16.5 Å². The zero-order valence-electron chi connectivity index (χ0n) is 8.44. The summed E-state index contributed by atoms with van der Waals surface area (Å²) in [4.78, 5) is 0. The zero-order chi connectivity index (χ0) is 11.0. The second kappa shape index (κ2) is 3.38. The third-order valence-electron chi connectivity index (χ3n) is 2.61. The van der Waals surface area contributed by atoms with Crippen molar-refractivity contribution in [1.29, 1.82) is 0 Å². The molecule has 3 heteroatoms. The lowest BCUT2D eigenvalue weighted by Crippen LogP contribution is -1.81. The van der Waals surface area contributed by atoms with Gasteiger partial charge in [0.15, 0.2) is 0 Å². The number of benzene rings is 2. The Hall–Kier alpha value is -2.29. The van der Waals surface area contributed by atoms with Gasteiger partial charge in [-0.15, -0.1) is 0 Å². The van der Waals surface area contributed by atoms with Crippen molar-refractivity contribution in [2.24, 2.45) is 0 Å². The number of para-hydroxylation sites is 1. The van der Waals surface area contributed by atoms with Gasteiger partial charge in [-0.1, -0.05) is 24.3 Å². The number of fused-ring (bicyclic) bond motifs is 1. The number of hydrogen-bond donors (Lipinski definition) is 2. The summed E-state index contributed by atoms with van der Waals surface area (Å²) in [5.41, 5.74) is 2.67. The molecule has 3 aromatic rings. The Morgan fingerprint density at radius 2 is 2.12 bits per heavy atom. The van der Waals surface area contributed by atoms with Crippen LogP contribution in [0, 0.1) is 6.07 Å². The fourth-order valence-electron chi connectivity index (χ4n) is 1.84. The SMILES string of the molecule is Oc1c[c]ccc1-c1cccc2cn[nH]c12. The quantitative estimate of drug-likeness (QED) is 0.647. The van der Waals surface area contributed by atoms with E-state index in [1.54, 1.807) is 18.3 Å². The molecule has 3 nitrogen and oxygen atoms in total. The van der Waals surface area contributed by atoms with Gasteiger partial charge in [-0.3, -0.25) is 5.10 Å². The summed E-state index contributed by atoms with van der Waals surface area (Å²) in [5, 5.41) is 17.8. The summed E-state index contributed by atoms with van der Waals surface area (Å²) in [7, 11) is 0. The highest BCUT2D eigenvalue weighted by molar-refractivity contribution is 5.94. The second-order valence-electron chi connectivity index (χ2n) is 3.58. The molecule has 2 N–H and O–H groups in total. The molecule has 1 heterocycles. The van der Waals surface area contributed by atoms with E-state index in [2.05, 4.69) is 16.3 Å². The first-order valence-corrected chi connectivity index (χ1v) is 4.98. The topological polar surface area (TPSA) is 48.9 Å². The maximum absolute atomic E-state index is 9.80. The number of H-pyrrole nitrogens is 1. The predicted octanol–water partition coefficient (Wildman–Crippen LogP) is 2.74. The molecule has 0 saturated heterocycles. The average molecular weight is 209 g/mol. The lowest BCUT2D eigenvalue weighted by Gasteiger charge is -2.04. The first kappa shape index (κ1) is 8.97. The Kier molecular flexibility index (Phi) is 1.90. The Bertz CT molecular complexity index is 643. The van der Waals surface area contributed by atoms with Gasteiger partial charge in [0.2, 0.25) is 0 Å². The molecule has 0 aliphatic heterocycles. The van der Waals surface area contributed by atoms with E-state index >= 15 is 0 Å². The van der Waals surface area contributed by atoms with Crippen LogP contribution in [0.1, 0.15) is 0 Å². The molecule has 0 unspecified atom stereocenters. The van der Waals surface area contributed by atoms with Gasteiger partial charge in [0.25, 0.3) is 0 Å². The van der Waals surface area contributed by atoms with Crippen LogP contribution < -0.4 is 0 Å². The molecule has 0 fully saturated rings. The number of phenolic OH excluding ortho intramolecular Hbond substituents is 1. The lowest BCUT2D eigenvalue weighted by atomic mass is 10.0. The van der Waals surface area contributed by atoms with Gasteiger partial charge in [-0.05, 0) is 18.2 Å². The third-order valence-corrected chi connectivity index (χ3v) is 2.61. The minimum Gasteiger partial charge on any atom is -0.507 e. The van der Waals surface area contributed by atoms with E-state index in [4.69, 9.17) is 0 Å². The molecular formula is C13H9N2O. The van der Waals surface area contributed by atoms with Crippen LogP contribution in [0.25, 0.3) is 22.0 Å². The highest BCUT2D eigenvalue weighted by Gasteiger charge is 2.08. The highest BCUT2D eigenvalue weighted by atomic mass is 16.3. The van der Waals surface area contributed by atoms with Crippen molar-refractivity contribution in [3.8, 4) is 16.9 Å². The minimum absolute atomic E-state index is 0.226. The number of nitrogens with one attached hydrogen (secondary N) is 1. The van der Waals surface area contributed by atoms with Crippen LogP contribution in [0.4, 0.5) is 0 Å². The number of aromatic amines is 1. The van der Waals surface area contributed by atoms with Crippen LogP contribution >= 0.6 is 0 Å². The van der Waals surface area contributed by atoms with Crippen LogP contribution in [0.15, 0.2) is 42.6 Å². The van der Waals surface area contributed by atoms with Crippen LogP contribution in [0.5, 0.6) is 5.75 Å². The van der Waals surface area contributed by atoms with E-state index in [1.807, 2.05) is 24.3 Å². The molecule has 0 spiro atoms. The summed E-state index contributed by atoms with van der Waals surface area (Å²) in [6.45, 7) is 0. The summed E-state index contributed by atoms with van der Waals surface area (Å²) >= 11 is 0. The van der Waals surface area contributed by atoms with E-state index in [1.165, 1.54) is 0 Å². The second-order valence-corrected chi connectivity index (χ2v) is 3.58. The molecule has 77 valence electrons. The molecule has 3 rings (SSSR count). The van der Waals surface area contributed by atoms with Crippen molar-refractivity contribution >= 4 is 10.9 Å². The van der Waals surface area contributed by atoms with Crippen molar-refractivity contribution in [3.63, 3.8) is 0 Å². The van der Waals surface area contributed by atoms with Crippen LogP contribution in [0.3, 0.4) is 0 Å². The summed E-state index contributed by atoms with van der Waals surface area (Å²) < 4.78 is 0. The van der Waals surface area contributed by atoms with E-state index in [0.29, 0.717) is 0 Å². The van der Waals surface area contributed by atoms with Crippen molar-refractivity contribution in [2.45, 2.75) is 0 Å². The molecule has 1 aromatic heterocycles. The molecule has 0 atom stereocenters. The van der Waals surface area contributed by atoms with Crippen molar-refractivity contribution in [3.05, 3.63) is 48.7 Å². The highest BCUT2D eigenvalue weighted by Crippen LogP contribution is 2.32. The van der Waals surface area contributed by atoms with Crippen LogP contribution in [-0.4, -0.2) is 15.3 Å². The van der Waals surface area contributed by atoms with Gasteiger partial charge in [0.05, 0.1) is 11.7 Å². The number of rotatable bonds is 1. The van der Waals surface area contributed by atoms with Gasteiger partial charge in [0.1, 0.15) is 5.75 Å². The predicted molar refractivity (Wildman–Crippen MR) is 62.0 cm³/mol. The molecule has 0 aliphatic rings. The molecule has 16 heavy (non-hydrogen) atoms. The summed E-state index contributed by atoms with van der Waals surface area (Å²) in [5.74, 6) is 0.226. The van der Waals surface area contributed by atoms with Gasteiger partial charge in [-0.25, -0.2) is 0 Å². The van der Waals surface area contributed by atoms with Gasteiger partial charge in [-0.2, -0.15) is 5.10 Å². The average Bonchev–Trinajstić information content (AvgIpc) is 2.77. The van der Waals surface area contributed by atoms with Gasteiger partial charge >= 0.3 is 0 Å². The first-order chi connectivity index (χ1) is 7.86. The monoisotopic (exact) mass is 209 g/mol. The fraction of sp³-hybridized carbons (Fsp3) is 0. The maximum Gasteiger partial charge on any atom is 0.124 e. The van der Waals surface area contributed by atoms with Crippen molar-refractivity contribution < 1.29 is 5.11 Å². The van der Waals surface area contributed by atoms with E-state index < -0.39 is 0 Å².